The lowest BCUT2D eigenvalue weighted by molar-refractivity contribution is -0.0103. The Morgan fingerprint density at radius 3 is 2.79 bits per heavy atom. The number of nitrogens with one attached hydrogen (secondary N) is 3. The van der Waals surface area contributed by atoms with E-state index in [2.05, 4.69) is 26.0 Å². The van der Waals surface area contributed by atoms with Crippen LogP contribution in [0.3, 0.4) is 0 Å². The number of anilines is 3. The van der Waals surface area contributed by atoms with Gasteiger partial charge in [-0.15, -0.1) is 0 Å². The van der Waals surface area contributed by atoms with E-state index in [1.165, 1.54) is 10.7 Å². The van der Waals surface area contributed by atoms with Crippen molar-refractivity contribution in [2.45, 2.75) is 25.0 Å². The summed E-state index contributed by atoms with van der Waals surface area (Å²) in [5.74, 6) is 0.769. The zero-order valence-corrected chi connectivity index (χ0v) is 16.5. The molecule has 3 aromatic heterocycles. The third kappa shape index (κ3) is 3.21. The number of carbonyl (C=O) groups excluding carboxylic acids is 1. The Balaban J connectivity index is 1.73. The number of aromatic nitrogens is 4. The van der Waals surface area contributed by atoms with E-state index >= 15 is 0 Å². The molecule has 2 atom stereocenters. The third-order valence-electron chi connectivity index (χ3n) is 5.27. The van der Waals surface area contributed by atoms with Crippen molar-refractivity contribution >= 4 is 28.9 Å². The Hall–Kier alpha value is -3.40. The first-order valence-electron chi connectivity index (χ1n) is 9.37. The van der Waals surface area contributed by atoms with Gasteiger partial charge in [-0.05, 0) is 25.0 Å². The van der Waals surface area contributed by atoms with Crippen molar-refractivity contribution in [3.63, 3.8) is 0 Å². The summed E-state index contributed by atoms with van der Waals surface area (Å²) >= 11 is 0. The number of amides is 1. The summed E-state index contributed by atoms with van der Waals surface area (Å²) in [6.45, 7) is 0. The highest BCUT2D eigenvalue weighted by atomic mass is 16.5. The molecule has 0 unspecified atom stereocenters. The van der Waals surface area contributed by atoms with Gasteiger partial charge in [0.25, 0.3) is 11.5 Å². The first kappa shape index (κ1) is 18.9. The molecule has 1 aliphatic rings. The molecule has 0 saturated heterocycles. The molecule has 3 N–H and O–H groups in total. The summed E-state index contributed by atoms with van der Waals surface area (Å²) < 4.78 is 8.67. The van der Waals surface area contributed by atoms with E-state index in [1.807, 2.05) is 6.07 Å². The Kier molecular flexibility index (Phi) is 4.93. The molecule has 1 amide bonds. The summed E-state index contributed by atoms with van der Waals surface area (Å²) in [5.41, 5.74) is 0.977. The lowest BCUT2D eigenvalue weighted by Crippen LogP contribution is -2.40. The minimum absolute atomic E-state index is 0.0345. The second-order valence-electron chi connectivity index (χ2n) is 6.83. The predicted octanol–water partition coefficient (Wildman–Crippen LogP) is 1.39. The van der Waals surface area contributed by atoms with Crippen LogP contribution in [0, 0.1) is 0 Å². The van der Waals surface area contributed by atoms with E-state index in [-0.39, 0.29) is 23.6 Å². The number of nitrogens with zero attached hydrogens (tertiary/aromatic N) is 4. The molecule has 0 aromatic carbocycles. The van der Waals surface area contributed by atoms with Gasteiger partial charge >= 0.3 is 0 Å². The molecule has 0 radical (unpaired) electrons. The fraction of sp³-hybridized carbons (Fsp3) is 0.368. The molecule has 1 fully saturated rings. The molecular weight excluding hydrogens is 374 g/mol. The smallest absolute Gasteiger partial charge is 0.274 e. The summed E-state index contributed by atoms with van der Waals surface area (Å²) in [6.07, 6.45) is 5.14. The number of carbonyl (C=O) groups is 1. The highest BCUT2D eigenvalue weighted by molar-refractivity contribution is 5.99. The highest BCUT2D eigenvalue weighted by Crippen LogP contribution is 2.33. The molecule has 0 bridgehead atoms. The number of rotatable bonds is 6. The molecule has 152 valence electrons. The molecule has 1 saturated carbocycles. The lowest BCUT2D eigenvalue weighted by Gasteiger charge is -2.36. The van der Waals surface area contributed by atoms with Crippen molar-refractivity contribution in [3.8, 4) is 0 Å². The van der Waals surface area contributed by atoms with Crippen molar-refractivity contribution in [3.05, 3.63) is 46.5 Å². The maximum atomic E-state index is 13.0. The van der Waals surface area contributed by atoms with Gasteiger partial charge in [-0.25, -0.2) is 4.98 Å². The predicted molar refractivity (Wildman–Crippen MR) is 109 cm³/mol. The van der Waals surface area contributed by atoms with Gasteiger partial charge in [0.1, 0.15) is 22.9 Å². The van der Waals surface area contributed by atoms with E-state index in [0.29, 0.717) is 28.5 Å². The maximum Gasteiger partial charge on any atom is 0.274 e. The maximum absolute atomic E-state index is 13.0. The largest absolute Gasteiger partial charge is 0.379 e. The molecule has 3 heterocycles. The van der Waals surface area contributed by atoms with Gasteiger partial charge in [0.15, 0.2) is 5.65 Å². The Bertz CT molecular complexity index is 1120. The SMILES string of the molecule is CNC(=O)c1cnn2c(NC)cc(Nc3cccn([C@H]4CC[C@@H]4OC)c3=O)nc12. The fourth-order valence-corrected chi connectivity index (χ4v) is 3.55. The molecule has 1 aliphatic carbocycles. The summed E-state index contributed by atoms with van der Waals surface area (Å²) in [6, 6.07) is 5.29. The second-order valence-corrected chi connectivity index (χ2v) is 6.83. The van der Waals surface area contributed by atoms with Crippen molar-refractivity contribution in [1.29, 1.82) is 0 Å². The molecular formula is C19H23N7O3. The standard InChI is InChI=1S/C19H23N7O3/c1-20-16-9-15(24-17-11(18(27)21-2)10-22-26(16)17)23-12-5-4-8-25(19(12)28)13-6-7-14(13)29-3/h4-5,8-10,13-14,20H,6-7H2,1-3H3,(H,21,27)(H,23,24)/t13-,14-/m0/s1. The number of pyridine rings is 1. The van der Waals surface area contributed by atoms with Crippen LogP contribution in [0.15, 0.2) is 35.4 Å². The van der Waals surface area contributed by atoms with Crippen LogP contribution in [0.1, 0.15) is 29.2 Å². The number of hydrogen-bond acceptors (Lipinski definition) is 7. The van der Waals surface area contributed by atoms with Crippen molar-refractivity contribution in [2.24, 2.45) is 0 Å². The van der Waals surface area contributed by atoms with Gasteiger partial charge in [0.05, 0.1) is 18.3 Å². The summed E-state index contributed by atoms with van der Waals surface area (Å²) in [4.78, 5) is 29.6. The Morgan fingerprint density at radius 1 is 1.31 bits per heavy atom. The quantitative estimate of drug-likeness (QED) is 0.576. The third-order valence-corrected chi connectivity index (χ3v) is 5.27. The molecule has 10 heteroatoms. The lowest BCUT2D eigenvalue weighted by atomic mass is 9.88. The van der Waals surface area contributed by atoms with Gasteiger partial charge in [0.2, 0.25) is 0 Å². The minimum atomic E-state index is -0.288. The zero-order valence-electron chi connectivity index (χ0n) is 16.5. The van der Waals surface area contributed by atoms with E-state index in [9.17, 15) is 9.59 Å². The number of ether oxygens (including phenoxy) is 1. The molecule has 3 aromatic rings. The zero-order chi connectivity index (χ0) is 20.5. The summed E-state index contributed by atoms with van der Waals surface area (Å²) in [5, 5.41) is 12.9. The van der Waals surface area contributed by atoms with E-state index in [4.69, 9.17) is 4.74 Å². The topological polar surface area (TPSA) is 115 Å². The molecule has 0 aliphatic heterocycles. The van der Waals surface area contributed by atoms with Crippen LogP contribution in [0.5, 0.6) is 0 Å². The average Bonchev–Trinajstić information content (AvgIpc) is 3.13. The van der Waals surface area contributed by atoms with E-state index in [1.54, 1.807) is 44.1 Å². The van der Waals surface area contributed by atoms with Crippen LogP contribution in [-0.2, 0) is 4.74 Å². The fourth-order valence-electron chi connectivity index (χ4n) is 3.55. The van der Waals surface area contributed by atoms with Crippen molar-refractivity contribution < 1.29 is 9.53 Å². The number of methoxy groups -OCH3 is 1. The molecule has 4 rings (SSSR count). The van der Waals surface area contributed by atoms with E-state index < -0.39 is 0 Å². The van der Waals surface area contributed by atoms with Crippen molar-refractivity contribution in [2.75, 3.05) is 31.8 Å². The average molecular weight is 397 g/mol. The summed E-state index contributed by atoms with van der Waals surface area (Å²) in [7, 11) is 4.96. The molecule has 29 heavy (non-hydrogen) atoms. The first-order valence-corrected chi connectivity index (χ1v) is 9.37. The van der Waals surface area contributed by atoms with Crippen LogP contribution >= 0.6 is 0 Å². The monoisotopic (exact) mass is 397 g/mol. The van der Waals surface area contributed by atoms with Gasteiger partial charge in [-0.3, -0.25) is 9.59 Å². The Labute approximate surface area is 166 Å². The van der Waals surface area contributed by atoms with Crippen LogP contribution in [-0.4, -0.2) is 52.4 Å². The first-order chi connectivity index (χ1) is 14.1. The normalized spacial score (nSPS) is 18.3. The minimum Gasteiger partial charge on any atom is -0.379 e. The van der Waals surface area contributed by atoms with E-state index in [0.717, 1.165) is 12.8 Å². The van der Waals surface area contributed by atoms with Gasteiger partial charge in [-0.1, -0.05) is 0 Å². The number of hydrogen-bond donors (Lipinski definition) is 3. The molecule has 10 nitrogen and oxygen atoms in total. The van der Waals surface area contributed by atoms with Crippen LogP contribution < -0.4 is 21.5 Å². The van der Waals surface area contributed by atoms with Gasteiger partial charge in [0, 0.05) is 33.5 Å². The van der Waals surface area contributed by atoms with Crippen LogP contribution in [0.25, 0.3) is 5.65 Å². The molecule has 0 spiro atoms. The van der Waals surface area contributed by atoms with Crippen LogP contribution in [0.4, 0.5) is 17.3 Å². The van der Waals surface area contributed by atoms with Gasteiger partial charge in [-0.2, -0.15) is 9.61 Å². The van der Waals surface area contributed by atoms with Crippen molar-refractivity contribution in [1.82, 2.24) is 24.5 Å². The highest BCUT2D eigenvalue weighted by Gasteiger charge is 2.33. The van der Waals surface area contributed by atoms with Gasteiger partial charge < -0.3 is 25.3 Å². The number of fused-ring (bicyclic) bond motifs is 1. The van der Waals surface area contributed by atoms with Crippen LogP contribution in [0.2, 0.25) is 0 Å². The second kappa shape index (κ2) is 7.55. The Morgan fingerprint density at radius 2 is 2.14 bits per heavy atom.